The molecule has 3 rings (SSSR count). The SMILES string of the molecule is CC(Cl)c1nc2cc(Cl)c(Cl)cc2n1CC1CCOCC1. The number of benzene rings is 1. The number of alkyl halides is 1. The number of rotatable bonds is 3. The Morgan fingerprint density at radius 1 is 1.29 bits per heavy atom. The van der Waals surface area contributed by atoms with Crippen LogP contribution < -0.4 is 0 Å². The van der Waals surface area contributed by atoms with Crippen LogP contribution in [-0.4, -0.2) is 22.8 Å². The molecule has 2 heterocycles. The molecule has 1 saturated heterocycles. The number of ether oxygens (including phenoxy) is 1. The molecule has 0 spiro atoms. The average molecular weight is 348 g/mol. The molecule has 0 radical (unpaired) electrons. The number of halogens is 3. The lowest BCUT2D eigenvalue weighted by Gasteiger charge is -2.24. The number of fused-ring (bicyclic) bond motifs is 1. The summed E-state index contributed by atoms with van der Waals surface area (Å²) in [6.07, 6.45) is 2.13. The van der Waals surface area contributed by atoms with Gasteiger partial charge in [0, 0.05) is 19.8 Å². The number of aromatic nitrogens is 2. The molecule has 0 aliphatic carbocycles. The third-order valence-electron chi connectivity index (χ3n) is 3.96. The second-order valence-corrected chi connectivity index (χ2v) is 6.98. The van der Waals surface area contributed by atoms with Gasteiger partial charge in [-0.25, -0.2) is 4.98 Å². The van der Waals surface area contributed by atoms with Crippen molar-refractivity contribution in [2.45, 2.75) is 31.7 Å². The second kappa shape index (κ2) is 6.33. The van der Waals surface area contributed by atoms with Gasteiger partial charge in [0.1, 0.15) is 5.82 Å². The van der Waals surface area contributed by atoms with Crippen molar-refractivity contribution in [2.24, 2.45) is 5.92 Å². The van der Waals surface area contributed by atoms with E-state index < -0.39 is 0 Å². The van der Waals surface area contributed by atoms with E-state index in [1.807, 2.05) is 19.1 Å². The van der Waals surface area contributed by atoms with Gasteiger partial charge >= 0.3 is 0 Å². The van der Waals surface area contributed by atoms with Crippen molar-refractivity contribution in [3.63, 3.8) is 0 Å². The van der Waals surface area contributed by atoms with Crippen molar-refractivity contribution in [1.82, 2.24) is 9.55 Å². The van der Waals surface area contributed by atoms with Gasteiger partial charge in [-0.2, -0.15) is 0 Å². The van der Waals surface area contributed by atoms with Crippen molar-refractivity contribution >= 4 is 45.8 Å². The molecule has 114 valence electrons. The fourth-order valence-electron chi connectivity index (χ4n) is 2.82. The third-order valence-corrected chi connectivity index (χ3v) is 4.87. The Balaban J connectivity index is 2.04. The number of hydrogen-bond donors (Lipinski definition) is 0. The Morgan fingerprint density at radius 2 is 1.95 bits per heavy atom. The maximum atomic E-state index is 6.30. The lowest BCUT2D eigenvalue weighted by molar-refractivity contribution is 0.0613. The maximum Gasteiger partial charge on any atom is 0.127 e. The Kier molecular flexibility index (Phi) is 4.65. The van der Waals surface area contributed by atoms with Crippen molar-refractivity contribution < 1.29 is 4.74 Å². The molecule has 1 unspecified atom stereocenters. The second-order valence-electron chi connectivity index (χ2n) is 5.51. The molecule has 1 fully saturated rings. The van der Waals surface area contributed by atoms with Crippen LogP contribution in [0.4, 0.5) is 0 Å². The highest BCUT2D eigenvalue weighted by Gasteiger charge is 2.21. The van der Waals surface area contributed by atoms with Crippen LogP contribution >= 0.6 is 34.8 Å². The Bertz CT molecular complexity index is 648. The Morgan fingerprint density at radius 3 is 2.62 bits per heavy atom. The monoisotopic (exact) mass is 346 g/mol. The predicted octanol–water partition coefficient (Wildman–Crippen LogP) is 5.07. The fourth-order valence-corrected chi connectivity index (χ4v) is 3.30. The van der Waals surface area contributed by atoms with Crippen molar-refractivity contribution in [3.05, 3.63) is 28.0 Å². The smallest absolute Gasteiger partial charge is 0.127 e. The number of nitrogens with zero attached hydrogens (tertiary/aromatic N) is 2. The van der Waals surface area contributed by atoms with Gasteiger partial charge in [0.2, 0.25) is 0 Å². The van der Waals surface area contributed by atoms with Gasteiger partial charge in [-0.15, -0.1) is 11.6 Å². The van der Waals surface area contributed by atoms with Gasteiger partial charge in [-0.1, -0.05) is 23.2 Å². The molecule has 1 aromatic carbocycles. The van der Waals surface area contributed by atoms with Crippen LogP contribution in [0.5, 0.6) is 0 Å². The van der Waals surface area contributed by atoms with Crippen molar-refractivity contribution in [2.75, 3.05) is 13.2 Å². The first-order valence-electron chi connectivity index (χ1n) is 7.13. The molecule has 1 aliphatic heterocycles. The first-order valence-corrected chi connectivity index (χ1v) is 8.32. The summed E-state index contributed by atoms with van der Waals surface area (Å²) in [7, 11) is 0. The first-order chi connectivity index (χ1) is 10.1. The summed E-state index contributed by atoms with van der Waals surface area (Å²) in [6, 6.07) is 3.69. The number of imidazole rings is 1. The molecule has 1 aliphatic rings. The van der Waals surface area contributed by atoms with Gasteiger partial charge in [-0.3, -0.25) is 0 Å². The summed E-state index contributed by atoms with van der Waals surface area (Å²) in [5.74, 6) is 1.45. The highest BCUT2D eigenvalue weighted by Crippen LogP contribution is 2.32. The molecule has 1 atom stereocenters. The zero-order valence-electron chi connectivity index (χ0n) is 11.8. The normalized spacial score (nSPS) is 18.3. The summed E-state index contributed by atoms with van der Waals surface area (Å²) in [5.41, 5.74) is 1.84. The molecule has 6 heteroatoms. The third kappa shape index (κ3) is 3.16. The fraction of sp³-hybridized carbons (Fsp3) is 0.533. The summed E-state index contributed by atoms with van der Waals surface area (Å²) >= 11 is 18.6. The maximum absolute atomic E-state index is 6.30. The van der Waals surface area contributed by atoms with Crippen LogP contribution in [0.3, 0.4) is 0 Å². The minimum Gasteiger partial charge on any atom is -0.381 e. The largest absolute Gasteiger partial charge is 0.381 e. The first kappa shape index (κ1) is 15.4. The van der Waals surface area contributed by atoms with Crippen LogP contribution in [0, 0.1) is 5.92 Å². The lowest BCUT2D eigenvalue weighted by Crippen LogP contribution is -2.21. The summed E-state index contributed by atoms with van der Waals surface area (Å²) < 4.78 is 7.62. The van der Waals surface area contributed by atoms with Crippen LogP contribution in [0.2, 0.25) is 10.0 Å². The molecular formula is C15H17Cl3N2O. The van der Waals surface area contributed by atoms with E-state index in [0.29, 0.717) is 16.0 Å². The molecule has 3 nitrogen and oxygen atoms in total. The van der Waals surface area contributed by atoms with Crippen LogP contribution in [0.15, 0.2) is 12.1 Å². The summed E-state index contributed by atoms with van der Waals surface area (Å²) in [5, 5.41) is 0.912. The predicted molar refractivity (Wildman–Crippen MR) is 87.6 cm³/mol. The highest BCUT2D eigenvalue weighted by atomic mass is 35.5. The molecule has 0 bridgehead atoms. The summed E-state index contributed by atoms with van der Waals surface area (Å²) in [6.45, 7) is 4.49. The van der Waals surface area contributed by atoms with E-state index in [2.05, 4.69) is 9.55 Å². The number of hydrogen-bond acceptors (Lipinski definition) is 2. The molecule has 0 N–H and O–H groups in total. The zero-order valence-corrected chi connectivity index (χ0v) is 14.0. The highest BCUT2D eigenvalue weighted by molar-refractivity contribution is 6.42. The van der Waals surface area contributed by atoms with Gasteiger partial charge in [0.05, 0.1) is 26.5 Å². The molecule has 0 amide bonds. The van der Waals surface area contributed by atoms with E-state index >= 15 is 0 Å². The van der Waals surface area contributed by atoms with Crippen LogP contribution in [-0.2, 0) is 11.3 Å². The van der Waals surface area contributed by atoms with Gasteiger partial charge < -0.3 is 9.30 Å². The van der Waals surface area contributed by atoms with E-state index in [9.17, 15) is 0 Å². The molecule has 1 aromatic heterocycles. The topological polar surface area (TPSA) is 27.1 Å². The lowest BCUT2D eigenvalue weighted by atomic mass is 10.0. The van der Waals surface area contributed by atoms with E-state index in [1.165, 1.54) is 0 Å². The molecule has 2 aromatic rings. The van der Waals surface area contributed by atoms with Gasteiger partial charge in [0.15, 0.2) is 0 Å². The zero-order chi connectivity index (χ0) is 15.0. The van der Waals surface area contributed by atoms with E-state index in [0.717, 1.165) is 49.5 Å². The summed E-state index contributed by atoms with van der Waals surface area (Å²) in [4.78, 5) is 4.64. The molecule has 0 saturated carbocycles. The van der Waals surface area contributed by atoms with Gasteiger partial charge in [0.25, 0.3) is 0 Å². The van der Waals surface area contributed by atoms with E-state index in [4.69, 9.17) is 39.5 Å². The van der Waals surface area contributed by atoms with Gasteiger partial charge in [-0.05, 0) is 37.8 Å². The standard InChI is InChI=1S/C15H17Cl3N2O/c1-9(16)15-19-13-6-11(17)12(18)7-14(13)20(15)8-10-2-4-21-5-3-10/h6-7,9-10H,2-5,8H2,1H3. The van der Waals surface area contributed by atoms with Crippen molar-refractivity contribution in [1.29, 1.82) is 0 Å². The average Bonchev–Trinajstić information content (AvgIpc) is 2.79. The van der Waals surface area contributed by atoms with Crippen LogP contribution in [0.25, 0.3) is 11.0 Å². The van der Waals surface area contributed by atoms with Crippen molar-refractivity contribution in [3.8, 4) is 0 Å². The minimum absolute atomic E-state index is 0.158. The minimum atomic E-state index is -0.158. The van der Waals surface area contributed by atoms with Crippen LogP contribution in [0.1, 0.15) is 31.0 Å². The quantitative estimate of drug-likeness (QED) is 0.725. The Hall–Kier alpha value is -0.480. The Labute approximate surface area is 139 Å². The molecular weight excluding hydrogens is 331 g/mol. The van der Waals surface area contributed by atoms with E-state index in [-0.39, 0.29) is 5.38 Å². The van der Waals surface area contributed by atoms with E-state index in [1.54, 1.807) is 0 Å². The molecule has 21 heavy (non-hydrogen) atoms.